The molecule has 0 aliphatic carbocycles. The van der Waals surface area contributed by atoms with Crippen molar-refractivity contribution in [2.24, 2.45) is 5.73 Å². The molecule has 1 aliphatic heterocycles. The van der Waals surface area contributed by atoms with E-state index < -0.39 is 4.92 Å². The molecule has 0 saturated carbocycles. The molecule has 7 nitrogen and oxygen atoms in total. The molecule has 0 bridgehead atoms. The SMILES string of the molecule is CN1CCN(c2ncc(Br)cc2[N+](=O)[O-])C(CN)C1. The third-order valence-electron chi connectivity index (χ3n) is 3.24. The maximum absolute atomic E-state index is 11.2. The first-order chi connectivity index (χ1) is 9.02. The fourth-order valence-electron chi connectivity index (χ4n) is 2.27. The first-order valence-corrected chi connectivity index (χ1v) is 6.77. The number of aromatic nitrogens is 1. The number of anilines is 1. The Kier molecular flexibility index (Phi) is 4.33. The third kappa shape index (κ3) is 3.02. The molecule has 8 heteroatoms. The van der Waals surface area contributed by atoms with Crippen LogP contribution in [0.5, 0.6) is 0 Å². The molecule has 1 aromatic heterocycles. The van der Waals surface area contributed by atoms with Crippen LogP contribution in [0.1, 0.15) is 0 Å². The molecule has 1 atom stereocenters. The highest BCUT2D eigenvalue weighted by atomic mass is 79.9. The normalized spacial score (nSPS) is 20.6. The number of nitro groups is 1. The first kappa shape index (κ1) is 14.2. The molecule has 2 N–H and O–H groups in total. The number of pyridine rings is 1. The van der Waals surface area contributed by atoms with Crippen molar-refractivity contribution in [1.29, 1.82) is 0 Å². The number of rotatable bonds is 3. The largest absolute Gasteiger partial charge is 0.344 e. The van der Waals surface area contributed by atoms with Crippen LogP contribution in [-0.2, 0) is 0 Å². The maximum atomic E-state index is 11.2. The van der Waals surface area contributed by atoms with Gasteiger partial charge in [-0.25, -0.2) is 4.98 Å². The molecule has 2 rings (SSSR count). The van der Waals surface area contributed by atoms with Gasteiger partial charge in [0.1, 0.15) is 0 Å². The van der Waals surface area contributed by atoms with Gasteiger partial charge in [-0.3, -0.25) is 10.1 Å². The lowest BCUT2D eigenvalue weighted by atomic mass is 10.1. The van der Waals surface area contributed by atoms with Crippen LogP contribution in [0.4, 0.5) is 11.5 Å². The van der Waals surface area contributed by atoms with Gasteiger partial charge in [-0.1, -0.05) is 0 Å². The second-order valence-electron chi connectivity index (χ2n) is 4.60. The molecule has 1 unspecified atom stereocenters. The Labute approximate surface area is 119 Å². The van der Waals surface area contributed by atoms with E-state index in [1.807, 2.05) is 11.9 Å². The Bertz CT molecular complexity index is 484. The van der Waals surface area contributed by atoms with E-state index in [4.69, 9.17) is 5.73 Å². The Balaban J connectivity index is 2.37. The zero-order chi connectivity index (χ0) is 14.0. The molecule has 1 aliphatic rings. The van der Waals surface area contributed by atoms with E-state index in [9.17, 15) is 10.1 Å². The zero-order valence-electron chi connectivity index (χ0n) is 10.6. The van der Waals surface area contributed by atoms with Gasteiger partial charge in [-0.05, 0) is 23.0 Å². The van der Waals surface area contributed by atoms with Crippen molar-refractivity contribution in [2.45, 2.75) is 6.04 Å². The highest BCUT2D eigenvalue weighted by Crippen LogP contribution is 2.30. The van der Waals surface area contributed by atoms with E-state index in [1.165, 1.54) is 6.07 Å². The minimum Gasteiger partial charge on any atom is -0.344 e. The molecule has 0 amide bonds. The van der Waals surface area contributed by atoms with Crippen LogP contribution in [0.15, 0.2) is 16.7 Å². The topological polar surface area (TPSA) is 88.5 Å². The number of hydrogen-bond acceptors (Lipinski definition) is 6. The Morgan fingerprint density at radius 3 is 3.00 bits per heavy atom. The van der Waals surface area contributed by atoms with Gasteiger partial charge in [-0.2, -0.15) is 0 Å². The summed E-state index contributed by atoms with van der Waals surface area (Å²) in [6, 6.07) is 1.53. The molecule has 0 spiro atoms. The van der Waals surface area contributed by atoms with Crippen molar-refractivity contribution in [3.8, 4) is 0 Å². The van der Waals surface area contributed by atoms with Crippen molar-refractivity contribution in [3.63, 3.8) is 0 Å². The van der Waals surface area contributed by atoms with Crippen LogP contribution in [0.3, 0.4) is 0 Å². The van der Waals surface area contributed by atoms with Gasteiger partial charge in [0.25, 0.3) is 0 Å². The maximum Gasteiger partial charge on any atom is 0.312 e. The second kappa shape index (κ2) is 5.81. The summed E-state index contributed by atoms with van der Waals surface area (Å²) in [7, 11) is 2.02. The lowest BCUT2D eigenvalue weighted by molar-refractivity contribution is -0.384. The lowest BCUT2D eigenvalue weighted by Crippen LogP contribution is -2.55. The summed E-state index contributed by atoms with van der Waals surface area (Å²) < 4.78 is 0.598. The number of likely N-dealkylation sites (N-methyl/N-ethyl adjacent to an activating group) is 1. The van der Waals surface area contributed by atoms with Crippen molar-refractivity contribution in [3.05, 3.63) is 26.9 Å². The fraction of sp³-hybridized carbons (Fsp3) is 0.545. The van der Waals surface area contributed by atoms with Crippen molar-refractivity contribution >= 4 is 27.4 Å². The summed E-state index contributed by atoms with van der Waals surface area (Å²) in [4.78, 5) is 19.1. The summed E-state index contributed by atoms with van der Waals surface area (Å²) >= 11 is 3.21. The summed E-state index contributed by atoms with van der Waals surface area (Å²) in [5.41, 5.74) is 5.79. The molecule has 0 radical (unpaired) electrons. The first-order valence-electron chi connectivity index (χ1n) is 5.98. The molecular formula is C11H16BrN5O2. The second-order valence-corrected chi connectivity index (χ2v) is 5.51. The minimum atomic E-state index is -0.404. The van der Waals surface area contributed by atoms with Gasteiger partial charge in [0, 0.05) is 42.9 Å². The van der Waals surface area contributed by atoms with Crippen molar-refractivity contribution in [2.75, 3.05) is 38.1 Å². The van der Waals surface area contributed by atoms with E-state index in [0.717, 1.165) is 13.1 Å². The van der Waals surface area contributed by atoms with Gasteiger partial charge in [0.05, 0.1) is 11.0 Å². The standard InChI is InChI=1S/C11H16BrN5O2/c1-15-2-3-16(9(5-13)7-15)11-10(17(18)19)4-8(12)6-14-11/h4,6,9H,2-3,5,7,13H2,1H3. The van der Waals surface area contributed by atoms with E-state index in [0.29, 0.717) is 23.4 Å². The Morgan fingerprint density at radius 1 is 1.63 bits per heavy atom. The van der Waals surface area contributed by atoms with Crippen LogP contribution >= 0.6 is 15.9 Å². The van der Waals surface area contributed by atoms with Gasteiger partial charge >= 0.3 is 5.69 Å². The van der Waals surface area contributed by atoms with E-state index in [-0.39, 0.29) is 11.7 Å². The number of hydrogen-bond donors (Lipinski definition) is 1. The van der Waals surface area contributed by atoms with Gasteiger partial charge in [-0.15, -0.1) is 0 Å². The smallest absolute Gasteiger partial charge is 0.312 e. The molecule has 104 valence electrons. The minimum absolute atomic E-state index is 0.0115. The van der Waals surface area contributed by atoms with E-state index >= 15 is 0 Å². The quantitative estimate of drug-likeness (QED) is 0.652. The average molecular weight is 330 g/mol. The molecule has 2 heterocycles. The third-order valence-corrected chi connectivity index (χ3v) is 3.67. The molecule has 1 saturated heterocycles. The highest BCUT2D eigenvalue weighted by molar-refractivity contribution is 9.10. The van der Waals surface area contributed by atoms with E-state index in [2.05, 4.69) is 25.8 Å². The fourth-order valence-corrected chi connectivity index (χ4v) is 2.59. The lowest BCUT2D eigenvalue weighted by Gasteiger charge is -2.39. The number of nitrogens with zero attached hydrogens (tertiary/aromatic N) is 4. The molecule has 1 aromatic rings. The van der Waals surface area contributed by atoms with Crippen LogP contribution in [0.25, 0.3) is 0 Å². The summed E-state index contributed by atoms with van der Waals surface area (Å²) in [5.74, 6) is 0.400. The van der Waals surface area contributed by atoms with Crippen LogP contribution in [0, 0.1) is 10.1 Å². The predicted molar refractivity (Wildman–Crippen MR) is 76.3 cm³/mol. The van der Waals surface area contributed by atoms with Crippen LogP contribution in [0.2, 0.25) is 0 Å². The number of nitrogens with two attached hydrogens (primary N) is 1. The van der Waals surface area contributed by atoms with Crippen molar-refractivity contribution < 1.29 is 4.92 Å². The Morgan fingerprint density at radius 2 is 2.37 bits per heavy atom. The monoisotopic (exact) mass is 329 g/mol. The van der Waals surface area contributed by atoms with Gasteiger partial charge in [0.15, 0.2) is 0 Å². The van der Waals surface area contributed by atoms with Crippen LogP contribution < -0.4 is 10.6 Å². The molecular weight excluding hydrogens is 314 g/mol. The summed E-state index contributed by atoms with van der Waals surface area (Å²) in [6.07, 6.45) is 1.58. The Hall–Kier alpha value is -1.25. The average Bonchev–Trinajstić information content (AvgIpc) is 2.38. The number of piperazine rings is 1. The summed E-state index contributed by atoms with van der Waals surface area (Å²) in [6.45, 7) is 2.75. The predicted octanol–water partition coefficient (Wildman–Crippen LogP) is 0.831. The van der Waals surface area contributed by atoms with E-state index in [1.54, 1.807) is 6.20 Å². The highest BCUT2D eigenvalue weighted by Gasteiger charge is 2.30. The molecule has 1 fully saturated rings. The van der Waals surface area contributed by atoms with Crippen molar-refractivity contribution in [1.82, 2.24) is 9.88 Å². The van der Waals surface area contributed by atoms with Crippen LogP contribution in [-0.4, -0.2) is 54.1 Å². The molecule has 19 heavy (non-hydrogen) atoms. The molecule has 0 aromatic carbocycles. The van der Waals surface area contributed by atoms with Gasteiger partial charge < -0.3 is 15.5 Å². The zero-order valence-corrected chi connectivity index (χ0v) is 12.2. The summed E-state index contributed by atoms with van der Waals surface area (Å²) in [5, 5.41) is 11.2. The number of halogens is 1. The van der Waals surface area contributed by atoms with Gasteiger partial charge in [0.2, 0.25) is 5.82 Å².